The first-order chi connectivity index (χ1) is 12.2. The smallest absolute Gasteiger partial charge is 0.306 e. The van der Waals surface area contributed by atoms with Gasteiger partial charge in [-0.1, -0.05) is 42.5 Å². The van der Waals surface area contributed by atoms with Crippen molar-refractivity contribution < 1.29 is 17.4 Å². The van der Waals surface area contributed by atoms with Gasteiger partial charge in [-0.25, -0.2) is 0 Å². The molecule has 0 fully saturated rings. The Morgan fingerprint density at radius 2 is 1.81 bits per heavy atom. The first kappa shape index (κ1) is 19.7. The number of amides is 1. The highest BCUT2D eigenvalue weighted by Crippen LogP contribution is 2.18. The second kappa shape index (κ2) is 8.67. The van der Waals surface area contributed by atoms with Crippen molar-refractivity contribution in [2.75, 3.05) is 6.26 Å². The molecular formula is C20H23NO4S. The zero-order valence-corrected chi connectivity index (χ0v) is 15.9. The van der Waals surface area contributed by atoms with Crippen molar-refractivity contribution in [1.82, 2.24) is 4.90 Å². The van der Waals surface area contributed by atoms with Gasteiger partial charge >= 0.3 is 10.1 Å². The molecule has 0 unspecified atom stereocenters. The van der Waals surface area contributed by atoms with Crippen molar-refractivity contribution in [3.63, 3.8) is 0 Å². The van der Waals surface area contributed by atoms with Crippen LogP contribution in [-0.4, -0.2) is 31.5 Å². The Labute approximate surface area is 155 Å². The molecule has 5 nitrogen and oxygen atoms in total. The summed E-state index contributed by atoms with van der Waals surface area (Å²) in [5, 5.41) is 0. The summed E-state index contributed by atoms with van der Waals surface area (Å²) in [6.45, 7) is 4.23. The maximum absolute atomic E-state index is 12.6. The van der Waals surface area contributed by atoms with Crippen LogP contribution in [0.1, 0.15) is 25.0 Å². The molecule has 0 heterocycles. The molecule has 6 heteroatoms. The molecule has 0 aromatic heterocycles. The van der Waals surface area contributed by atoms with E-state index in [1.165, 1.54) is 0 Å². The molecule has 138 valence electrons. The maximum Gasteiger partial charge on any atom is 0.306 e. The van der Waals surface area contributed by atoms with Crippen LogP contribution in [0.15, 0.2) is 60.7 Å². The molecule has 0 saturated carbocycles. The zero-order valence-electron chi connectivity index (χ0n) is 15.1. The Morgan fingerprint density at radius 3 is 2.42 bits per heavy atom. The van der Waals surface area contributed by atoms with Gasteiger partial charge in [-0.3, -0.25) is 4.79 Å². The average Bonchev–Trinajstić information content (AvgIpc) is 2.57. The number of nitrogens with zero attached hydrogens (tertiary/aromatic N) is 1. The van der Waals surface area contributed by atoms with Gasteiger partial charge in [0.1, 0.15) is 5.75 Å². The van der Waals surface area contributed by atoms with E-state index >= 15 is 0 Å². The highest BCUT2D eigenvalue weighted by Gasteiger charge is 2.15. The number of hydrogen-bond acceptors (Lipinski definition) is 4. The monoisotopic (exact) mass is 373 g/mol. The van der Waals surface area contributed by atoms with Crippen LogP contribution < -0.4 is 4.18 Å². The summed E-state index contributed by atoms with van der Waals surface area (Å²) in [4.78, 5) is 14.3. The Balaban J connectivity index is 2.14. The highest BCUT2D eigenvalue weighted by molar-refractivity contribution is 7.86. The van der Waals surface area contributed by atoms with Crippen molar-refractivity contribution in [3.05, 3.63) is 71.8 Å². The SMILES string of the molecule is CC(C)N(Cc1cccc(OS(C)(=O)=O)c1)C(=O)/C=C/c1ccccc1. The molecule has 2 aromatic carbocycles. The largest absolute Gasteiger partial charge is 0.383 e. The van der Waals surface area contributed by atoms with E-state index in [4.69, 9.17) is 4.18 Å². The third-order valence-electron chi connectivity index (χ3n) is 3.62. The van der Waals surface area contributed by atoms with Crippen molar-refractivity contribution >= 4 is 22.1 Å². The van der Waals surface area contributed by atoms with Crippen LogP contribution in [0.25, 0.3) is 6.08 Å². The van der Waals surface area contributed by atoms with Gasteiger partial charge in [0, 0.05) is 18.7 Å². The van der Waals surface area contributed by atoms with Gasteiger partial charge in [0.25, 0.3) is 0 Å². The molecule has 2 aromatic rings. The van der Waals surface area contributed by atoms with E-state index in [2.05, 4.69) is 0 Å². The molecule has 0 N–H and O–H groups in total. The molecule has 2 rings (SSSR count). The number of benzene rings is 2. The van der Waals surface area contributed by atoms with E-state index in [1.54, 1.807) is 35.3 Å². The lowest BCUT2D eigenvalue weighted by Crippen LogP contribution is -2.35. The molecule has 0 bridgehead atoms. The fourth-order valence-corrected chi connectivity index (χ4v) is 2.86. The summed E-state index contributed by atoms with van der Waals surface area (Å²) in [6.07, 6.45) is 4.32. The molecule has 0 spiro atoms. The fourth-order valence-electron chi connectivity index (χ4n) is 2.41. The van der Waals surface area contributed by atoms with Gasteiger partial charge in [-0.2, -0.15) is 8.42 Å². The quantitative estimate of drug-likeness (QED) is 0.551. The Kier molecular flexibility index (Phi) is 6.58. The summed E-state index contributed by atoms with van der Waals surface area (Å²) in [6, 6.07) is 16.3. The van der Waals surface area contributed by atoms with Crippen molar-refractivity contribution in [2.45, 2.75) is 26.4 Å². The van der Waals surface area contributed by atoms with E-state index in [0.717, 1.165) is 17.4 Å². The lowest BCUT2D eigenvalue weighted by atomic mass is 10.1. The minimum atomic E-state index is -3.59. The second-order valence-corrected chi connectivity index (χ2v) is 7.81. The van der Waals surface area contributed by atoms with Gasteiger partial charge in [0.15, 0.2) is 0 Å². The molecule has 0 aliphatic carbocycles. The van der Waals surface area contributed by atoms with Gasteiger partial charge in [0.2, 0.25) is 5.91 Å². The van der Waals surface area contributed by atoms with Gasteiger partial charge in [-0.15, -0.1) is 0 Å². The Morgan fingerprint density at radius 1 is 1.12 bits per heavy atom. The first-order valence-electron chi connectivity index (χ1n) is 8.27. The predicted octanol–water partition coefficient (Wildman–Crippen LogP) is 3.48. The molecule has 0 aliphatic rings. The first-order valence-corrected chi connectivity index (χ1v) is 10.1. The summed E-state index contributed by atoms with van der Waals surface area (Å²) < 4.78 is 27.5. The standard InChI is InChI=1S/C20H23NO4S/c1-16(2)21(20(22)13-12-17-8-5-4-6-9-17)15-18-10-7-11-19(14-18)25-26(3,23)24/h4-14,16H,15H2,1-3H3/b13-12+. The van der Waals surface area contributed by atoms with Gasteiger partial charge < -0.3 is 9.08 Å². The van der Waals surface area contributed by atoms with Crippen LogP contribution in [0.3, 0.4) is 0 Å². The molecule has 1 amide bonds. The van der Waals surface area contributed by atoms with E-state index in [-0.39, 0.29) is 17.7 Å². The van der Waals surface area contributed by atoms with E-state index in [1.807, 2.05) is 50.2 Å². The summed E-state index contributed by atoms with van der Waals surface area (Å²) >= 11 is 0. The Hall–Kier alpha value is -2.60. The van der Waals surface area contributed by atoms with Crippen molar-refractivity contribution in [2.24, 2.45) is 0 Å². The summed E-state index contributed by atoms with van der Waals surface area (Å²) in [7, 11) is -3.59. The van der Waals surface area contributed by atoms with Crippen molar-refractivity contribution in [3.8, 4) is 5.75 Å². The van der Waals surface area contributed by atoms with E-state index < -0.39 is 10.1 Å². The average molecular weight is 373 g/mol. The zero-order chi connectivity index (χ0) is 19.2. The summed E-state index contributed by atoms with van der Waals surface area (Å²) in [5.41, 5.74) is 1.74. The molecule has 0 radical (unpaired) electrons. The molecule has 26 heavy (non-hydrogen) atoms. The van der Waals surface area contributed by atoms with Crippen molar-refractivity contribution in [1.29, 1.82) is 0 Å². The number of carbonyl (C=O) groups excluding carboxylic acids is 1. The summed E-state index contributed by atoms with van der Waals surface area (Å²) in [5.74, 6) is 0.124. The normalized spacial score (nSPS) is 11.7. The third kappa shape index (κ3) is 6.37. The Bertz CT molecular complexity index is 874. The molecule has 0 aliphatic heterocycles. The predicted molar refractivity (Wildman–Crippen MR) is 103 cm³/mol. The van der Waals surface area contributed by atoms with Crippen LogP contribution in [0.5, 0.6) is 5.75 Å². The molecule has 0 atom stereocenters. The topological polar surface area (TPSA) is 63.7 Å². The lowest BCUT2D eigenvalue weighted by molar-refractivity contribution is -0.128. The lowest BCUT2D eigenvalue weighted by Gasteiger charge is -2.25. The van der Waals surface area contributed by atoms with Crippen LogP contribution in [0, 0.1) is 0 Å². The minimum absolute atomic E-state index is 0.0117. The number of hydrogen-bond donors (Lipinski definition) is 0. The number of rotatable bonds is 7. The highest BCUT2D eigenvalue weighted by atomic mass is 32.2. The van der Waals surface area contributed by atoms with Gasteiger partial charge in [-0.05, 0) is 43.2 Å². The number of carbonyl (C=O) groups is 1. The van der Waals surface area contributed by atoms with Gasteiger partial charge in [0.05, 0.1) is 6.26 Å². The van der Waals surface area contributed by atoms with Crippen LogP contribution >= 0.6 is 0 Å². The molecule has 0 saturated heterocycles. The van der Waals surface area contributed by atoms with E-state index in [0.29, 0.717) is 6.54 Å². The van der Waals surface area contributed by atoms with Crippen LogP contribution in [0.2, 0.25) is 0 Å². The third-order valence-corrected chi connectivity index (χ3v) is 4.12. The fraction of sp³-hybridized carbons (Fsp3) is 0.250. The minimum Gasteiger partial charge on any atom is -0.383 e. The van der Waals surface area contributed by atoms with Crippen LogP contribution in [0.4, 0.5) is 0 Å². The molecular weight excluding hydrogens is 350 g/mol. The van der Waals surface area contributed by atoms with Crippen LogP contribution in [-0.2, 0) is 21.5 Å². The van der Waals surface area contributed by atoms with E-state index in [9.17, 15) is 13.2 Å². The maximum atomic E-state index is 12.6. The second-order valence-electron chi connectivity index (χ2n) is 6.24.